The van der Waals surface area contributed by atoms with Crippen LogP contribution in [0.4, 0.5) is 29.0 Å². The second kappa shape index (κ2) is 22.0. The van der Waals surface area contributed by atoms with E-state index in [0.717, 1.165) is 76.5 Å². The minimum Gasteiger partial charge on any atom is -0.450 e. The molecule has 50 heavy (non-hydrogen) atoms. The minimum atomic E-state index is -1.27. The minimum absolute atomic E-state index is 0.0161. The van der Waals surface area contributed by atoms with Crippen molar-refractivity contribution in [1.82, 2.24) is 24.8 Å². The monoisotopic (exact) mass is 688 g/mol. The van der Waals surface area contributed by atoms with E-state index in [0.29, 0.717) is 41.7 Å². The predicted octanol–water partition coefficient (Wildman–Crippen LogP) is 4.78. The number of azo groups is 1. The van der Waals surface area contributed by atoms with Gasteiger partial charge in [-0.2, -0.15) is 10.1 Å². The molecule has 270 valence electrons. The Kier molecular flexibility index (Phi) is 17.4. The fraction of sp³-hybridized carbons (Fsp3) is 0.486. The SMILES string of the molecule is CCN(CC)CCCN.CCN(CC)CCCNc1ncnc(Nc2ccc(N=NC(OC=N)C(=O)Cc3ccc4c(c3)NC(=O)C4)cc2)n1. The molecule has 0 radical (unpaired) electrons. The third kappa shape index (κ3) is 13.6. The molecular formula is C35H52N12O3. The van der Waals surface area contributed by atoms with Gasteiger partial charge in [-0.1, -0.05) is 39.8 Å². The first kappa shape index (κ1) is 39.6. The topological polar surface area (TPSA) is 199 Å². The van der Waals surface area contributed by atoms with Crippen LogP contribution in [0.1, 0.15) is 51.7 Å². The number of nitrogens with zero attached hydrogens (tertiary/aromatic N) is 7. The van der Waals surface area contributed by atoms with Gasteiger partial charge in [-0.15, -0.1) is 5.11 Å². The van der Waals surface area contributed by atoms with Gasteiger partial charge in [-0.05, 0) is 100 Å². The molecule has 1 atom stereocenters. The number of amides is 1. The smallest absolute Gasteiger partial charge is 0.268 e. The van der Waals surface area contributed by atoms with Crippen LogP contribution in [0.25, 0.3) is 0 Å². The first-order valence-electron chi connectivity index (χ1n) is 17.3. The molecule has 15 nitrogen and oxygen atoms in total. The van der Waals surface area contributed by atoms with Crippen molar-refractivity contribution in [2.45, 2.75) is 59.6 Å². The van der Waals surface area contributed by atoms with Crippen LogP contribution in [-0.2, 0) is 27.2 Å². The average molecular weight is 689 g/mol. The molecule has 6 N–H and O–H groups in total. The highest BCUT2D eigenvalue weighted by molar-refractivity contribution is 5.99. The number of carbonyl (C=O) groups excluding carboxylic acids is 2. The highest BCUT2D eigenvalue weighted by Gasteiger charge is 2.22. The number of hydrogen-bond acceptors (Lipinski definition) is 14. The summed E-state index contributed by atoms with van der Waals surface area (Å²) < 4.78 is 5.10. The van der Waals surface area contributed by atoms with Gasteiger partial charge >= 0.3 is 0 Å². The van der Waals surface area contributed by atoms with Crippen molar-refractivity contribution in [3.05, 3.63) is 59.9 Å². The molecule has 0 spiro atoms. The maximum Gasteiger partial charge on any atom is 0.268 e. The molecule has 1 amide bonds. The maximum absolute atomic E-state index is 12.8. The Morgan fingerprint density at radius 3 is 2.36 bits per heavy atom. The molecule has 1 aromatic heterocycles. The summed E-state index contributed by atoms with van der Waals surface area (Å²) in [6, 6.07) is 12.4. The lowest BCUT2D eigenvalue weighted by Gasteiger charge is -2.17. The molecule has 15 heteroatoms. The van der Waals surface area contributed by atoms with E-state index in [2.05, 4.69) is 78.6 Å². The van der Waals surface area contributed by atoms with E-state index in [-0.39, 0.29) is 18.1 Å². The zero-order valence-electron chi connectivity index (χ0n) is 29.7. The maximum atomic E-state index is 12.8. The molecule has 2 aromatic carbocycles. The Bertz CT molecular complexity index is 1510. The lowest BCUT2D eigenvalue weighted by Crippen LogP contribution is -2.25. The highest BCUT2D eigenvalue weighted by atomic mass is 16.5. The number of rotatable bonds is 21. The van der Waals surface area contributed by atoms with E-state index in [1.165, 1.54) is 6.33 Å². The number of nitrogens with two attached hydrogens (primary N) is 1. The van der Waals surface area contributed by atoms with E-state index in [9.17, 15) is 9.59 Å². The molecule has 0 fully saturated rings. The van der Waals surface area contributed by atoms with Gasteiger partial charge in [0.2, 0.25) is 23.6 Å². The van der Waals surface area contributed by atoms with Crippen LogP contribution in [0.5, 0.6) is 0 Å². The summed E-state index contributed by atoms with van der Waals surface area (Å²) in [5.74, 6) is 0.457. The summed E-state index contributed by atoms with van der Waals surface area (Å²) >= 11 is 0. The fourth-order valence-corrected chi connectivity index (χ4v) is 5.09. The average Bonchev–Trinajstić information content (AvgIpc) is 3.51. The van der Waals surface area contributed by atoms with Crippen molar-refractivity contribution in [3.63, 3.8) is 0 Å². The van der Waals surface area contributed by atoms with Crippen molar-refractivity contribution in [2.75, 3.05) is 68.3 Å². The van der Waals surface area contributed by atoms with Gasteiger partial charge in [-0.3, -0.25) is 15.0 Å². The quantitative estimate of drug-likeness (QED) is 0.0447. The number of aromatic nitrogens is 3. The first-order chi connectivity index (χ1) is 24.3. The Morgan fingerprint density at radius 1 is 1.02 bits per heavy atom. The lowest BCUT2D eigenvalue weighted by atomic mass is 10.0. The van der Waals surface area contributed by atoms with Crippen molar-refractivity contribution < 1.29 is 14.3 Å². The van der Waals surface area contributed by atoms with Crippen molar-refractivity contribution in [1.29, 1.82) is 5.41 Å². The van der Waals surface area contributed by atoms with Gasteiger partial charge in [0.1, 0.15) is 6.33 Å². The molecule has 1 aliphatic rings. The van der Waals surface area contributed by atoms with Crippen LogP contribution in [0.2, 0.25) is 0 Å². The Balaban J connectivity index is 0.000000661. The van der Waals surface area contributed by atoms with Gasteiger partial charge in [0, 0.05) is 24.3 Å². The molecule has 4 rings (SSSR count). The number of hydrogen-bond donors (Lipinski definition) is 5. The van der Waals surface area contributed by atoms with Crippen LogP contribution < -0.4 is 21.7 Å². The third-order valence-corrected chi connectivity index (χ3v) is 8.03. The molecule has 0 saturated carbocycles. The summed E-state index contributed by atoms with van der Waals surface area (Å²) in [4.78, 5) is 41.9. The Hall–Kier alpha value is -4.86. The summed E-state index contributed by atoms with van der Waals surface area (Å²) in [6.45, 7) is 16.8. The highest BCUT2D eigenvalue weighted by Crippen LogP contribution is 2.25. The Labute approximate surface area is 295 Å². The number of carbonyl (C=O) groups is 2. The number of fused-ring (bicyclic) bond motifs is 1. The summed E-state index contributed by atoms with van der Waals surface area (Å²) in [7, 11) is 0. The zero-order chi connectivity index (χ0) is 36.1. The van der Waals surface area contributed by atoms with Gasteiger partial charge in [-0.25, -0.2) is 9.97 Å². The molecule has 2 heterocycles. The van der Waals surface area contributed by atoms with Crippen LogP contribution in [0.3, 0.4) is 0 Å². The molecule has 1 unspecified atom stereocenters. The van der Waals surface area contributed by atoms with Gasteiger partial charge in [0.15, 0.2) is 6.40 Å². The summed E-state index contributed by atoms with van der Waals surface area (Å²) in [5.41, 5.74) is 8.89. The van der Waals surface area contributed by atoms with Crippen LogP contribution in [-0.4, -0.2) is 101 Å². The Morgan fingerprint density at radius 2 is 1.70 bits per heavy atom. The van der Waals surface area contributed by atoms with Crippen LogP contribution in [0.15, 0.2) is 59.0 Å². The van der Waals surface area contributed by atoms with E-state index >= 15 is 0 Å². The van der Waals surface area contributed by atoms with E-state index < -0.39 is 6.23 Å². The first-order valence-corrected chi connectivity index (χ1v) is 17.3. The number of ether oxygens (including phenoxy) is 1. The normalized spacial score (nSPS) is 12.7. The molecule has 0 bridgehead atoms. The second-order valence-electron chi connectivity index (χ2n) is 11.5. The third-order valence-electron chi connectivity index (χ3n) is 8.03. The van der Waals surface area contributed by atoms with Crippen molar-refractivity contribution in [3.8, 4) is 0 Å². The van der Waals surface area contributed by atoms with Crippen LogP contribution in [0, 0.1) is 5.41 Å². The molecular weight excluding hydrogens is 636 g/mol. The van der Waals surface area contributed by atoms with Gasteiger partial charge in [0.25, 0.3) is 6.23 Å². The summed E-state index contributed by atoms with van der Waals surface area (Å²) in [5, 5.41) is 24.5. The zero-order valence-corrected chi connectivity index (χ0v) is 29.7. The molecule has 3 aromatic rings. The number of Topliss-reactive ketones (excluding diaryl/α,β-unsaturated/α-hetero) is 1. The molecule has 1 aliphatic heterocycles. The fourth-order valence-electron chi connectivity index (χ4n) is 5.09. The largest absolute Gasteiger partial charge is 0.450 e. The van der Waals surface area contributed by atoms with E-state index in [1.807, 2.05) is 6.07 Å². The predicted molar refractivity (Wildman–Crippen MR) is 198 cm³/mol. The molecule has 0 aliphatic carbocycles. The second-order valence-corrected chi connectivity index (χ2v) is 11.5. The number of nitrogens with one attached hydrogen (secondary N) is 4. The number of benzene rings is 2. The van der Waals surface area contributed by atoms with Gasteiger partial charge in [0.05, 0.1) is 12.1 Å². The van der Waals surface area contributed by atoms with Gasteiger partial charge < -0.3 is 36.2 Å². The van der Waals surface area contributed by atoms with E-state index in [4.69, 9.17) is 15.9 Å². The number of ketones is 1. The molecule has 0 saturated heterocycles. The van der Waals surface area contributed by atoms with Crippen molar-refractivity contribution >= 4 is 47.0 Å². The van der Waals surface area contributed by atoms with Crippen molar-refractivity contribution in [2.24, 2.45) is 16.0 Å². The summed E-state index contributed by atoms with van der Waals surface area (Å²) in [6.07, 6.45) is 3.30. The lowest BCUT2D eigenvalue weighted by molar-refractivity contribution is -0.125. The van der Waals surface area contributed by atoms with E-state index in [1.54, 1.807) is 36.4 Å². The number of anilines is 4. The standard InChI is InChI=1S/C28H34N10O3.C7H18N2/c1-3-38(4-2)13-5-12-30-27-31-18-32-28(35-27)33-21-8-10-22(11-9-21)36-37-26(41-17-29)24(39)15-19-6-7-20-16-25(40)34-23(20)14-19;1-3-9(4-2)7-5-6-8/h6-11,14,17-18,26,29H,3-5,12-13,15-16H2,1-2H3,(H,34,40)(H2,30,31,32,33,35);3-8H2,1-2H3. The van der Waals surface area contributed by atoms with Crippen LogP contribution >= 0.6 is 0 Å².